The Morgan fingerprint density at radius 3 is 2.71 bits per heavy atom. The lowest BCUT2D eigenvalue weighted by atomic mass is 10.0. The molecule has 4 aliphatic rings. The number of nitrogens with one attached hydrogen (secondary N) is 1. The zero-order valence-electron chi connectivity index (χ0n) is 28.3. The van der Waals surface area contributed by atoms with Crippen molar-refractivity contribution < 1.29 is 19.1 Å². The third kappa shape index (κ3) is 5.85. The van der Waals surface area contributed by atoms with Gasteiger partial charge in [-0.1, -0.05) is 12.8 Å². The van der Waals surface area contributed by atoms with Gasteiger partial charge in [0.25, 0.3) is 5.91 Å². The normalized spacial score (nSPS) is 26.4. The van der Waals surface area contributed by atoms with Crippen LogP contribution in [0, 0.1) is 17.8 Å². The van der Waals surface area contributed by atoms with Gasteiger partial charge in [0.05, 0.1) is 36.2 Å². The first kappa shape index (κ1) is 31.3. The largest absolute Gasteiger partial charge is 0.494 e. The van der Waals surface area contributed by atoms with Crippen molar-refractivity contribution in [1.82, 2.24) is 29.3 Å². The zero-order chi connectivity index (χ0) is 33.1. The minimum atomic E-state index is -0.211. The average Bonchev–Trinajstić information content (AvgIpc) is 4.01. The number of aryl methyl sites for hydroxylation is 2. The fraction of sp³-hybridized carbons (Fsp3) is 0.568. The molecule has 0 spiro atoms. The molecule has 2 aliphatic carbocycles. The number of likely N-dealkylation sites (tertiary alicyclic amines) is 1. The predicted molar refractivity (Wildman–Crippen MR) is 184 cm³/mol. The number of ether oxygens (including phenoxy) is 2. The van der Waals surface area contributed by atoms with Crippen LogP contribution in [0.25, 0.3) is 33.6 Å². The van der Waals surface area contributed by atoms with Crippen LogP contribution in [0.2, 0.25) is 0 Å². The van der Waals surface area contributed by atoms with Gasteiger partial charge in [-0.2, -0.15) is 0 Å². The topological polar surface area (TPSA) is 130 Å². The van der Waals surface area contributed by atoms with Crippen molar-refractivity contribution in [1.29, 1.82) is 0 Å². The summed E-state index contributed by atoms with van der Waals surface area (Å²) in [5, 5.41) is 4.24. The Balaban J connectivity index is 1.11. The highest BCUT2D eigenvalue weighted by Crippen LogP contribution is 2.43. The van der Waals surface area contributed by atoms with Crippen molar-refractivity contribution in [3.63, 3.8) is 0 Å². The third-order valence-electron chi connectivity index (χ3n) is 11.0. The van der Waals surface area contributed by atoms with E-state index in [2.05, 4.69) is 26.6 Å². The quantitative estimate of drug-likeness (QED) is 0.301. The van der Waals surface area contributed by atoms with Gasteiger partial charge in [0.2, 0.25) is 5.91 Å². The predicted octanol–water partition coefficient (Wildman–Crippen LogP) is 4.95. The monoisotopic (exact) mass is 653 g/mol. The van der Waals surface area contributed by atoms with E-state index in [1.165, 1.54) is 12.8 Å². The van der Waals surface area contributed by atoms with Gasteiger partial charge in [-0.25, -0.2) is 9.97 Å². The van der Waals surface area contributed by atoms with E-state index < -0.39 is 0 Å². The summed E-state index contributed by atoms with van der Waals surface area (Å²) in [6, 6.07) is 9.58. The second kappa shape index (κ2) is 12.5. The number of methoxy groups -OCH3 is 1. The molecule has 11 heteroatoms. The summed E-state index contributed by atoms with van der Waals surface area (Å²) < 4.78 is 16.3. The first-order chi connectivity index (χ1) is 23.3. The molecule has 4 aromatic rings. The van der Waals surface area contributed by atoms with Gasteiger partial charge in [0.15, 0.2) is 5.82 Å². The summed E-state index contributed by atoms with van der Waals surface area (Å²) in [6.07, 6.45) is 8.54. The summed E-state index contributed by atoms with van der Waals surface area (Å²) in [4.78, 5) is 38.8. The molecule has 8 rings (SSSR count). The number of piperidine rings is 1. The minimum Gasteiger partial charge on any atom is -0.494 e. The standard InChI is InChI=1S/C37H47N7O4/c1-21-28-11-10-24-17-30(44(34(24)40-28)13-6-4-5-7-23-15-26(23)36(45)39-21)35-41-29-16-25(18-32(47-3)33(29)42(35)2)37(46)43-14-12-31(27(38)19-43)48-20-22-8-9-22/h10-11,16-18,21-23,26-27,31H,4-9,12-15,19-20,38H2,1-3H3,(H,39,45)/t21-,23-,26-,27+,31-/m1/s1. The smallest absolute Gasteiger partial charge is 0.254 e. The number of imidazole rings is 1. The van der Waals surface area contributed by atoms with E-state index in [9.17, 15) is 9.59 Å². The summed E-state index contributed by atoms with van der Waals surface area (Å²) >= 11 is 0. The zero-order valence-corrected chi connectivity index (χ0v) is 28.3. The van der Waals surface area contributed by atoms with Crippen LogP contribution in [0.4, 0.5) is 0 Å². The Hall–Kier alpha value is -3.96. The number of nitrogens with two attached hydrogens (primary N) is 1. The molecule has 1 aromatic carbocycles. The summed E-state index contributed by atoms with van der Waals surface area (Å²) in [5.74, 6) is 2.81. The Bertz CT molecular complexity index is 1880. The number of carbonyl (C=O) groups excluding carboxylic acids is 2. The Labute approximate surface area is 281 Å². The Morgan fingerprint density at radius 1 is 1.06 bits per heavy atom. The molecule has 3 fully saturated rings. The molecular formula is C37H47N7O4. The molecule has 0 unspecified atom stereocenters. The molecule has 11 nitrogen and oxygen atoms in total. The van der Waals surface area contributed by atoms with Gasteiger partial charge in [-0.05, 0) is 87.6 Å². The maximum Gasteiger partial charge on any atom is 0.254 e. The lowest BCUT2D eigenvalue weighted by Gasteiger charge is -2.36. The highest BCUT2D eigenvalue weighted by Gasteiger charge is 2.42. The van der Waals surface area contributed by atoms with Gasteiger partial charge in [0.1, 0.15) is 16.9 Å². The van der Waals surface area contributed by atoms with Crippen LogP contribution in [0.1, 0.15) is 80.4 Å². The minimum absolute atomic E-state index is 0.00774. The highest BCUT2D eigenvalue weighted by atomic mass is 16.5. The van der Waals surface area contributed by atoms with Crippen molar-refractivity contribution >= 4 is 33.9 Å². The number of hydrogen-bond acceptors (Lipinski definition) is 7. The lowest BCUT2D eigenvalue weighted by molar-refractivity contribution is -0.123. The Kier molecular flexibility index (Phi) is 8.15. The lowest BCUT2D eigenvalue weighted by Crippen LogP contribution is -2.54. The first-order valence-corrected chi connectivity index (χ1v) is 17.8. The van der Waals surface area contributed by atoms with Gasteiger partial charge in [-0.3, -0.25) is 9.59 Å². The second-order valence-corrected chi connectivity index (χ2v) is 14.6. The van der Waals surface area contributed by atoms with E-state index in [1.807, 2.05) is 37.1 Å². The van der Waals surface area contributed by atoms with Crippen LogP contribution in [-0.4, -0.2) is 74.8 Å². The van der Waals surface area contributed by atoms with Gasteiger partial charge in [-0.15, -0.1) is 0 Å². The SMILES string of the molecule is COc1cc(C(=O)N2CC[C@@H](OCC3CC3)[C@@H](N)C2)cc2nc(-c3cc4ccc5nc4n3CCCCC[C@@H]3C[C@H]3C(=O)N[C@@H]5C)n(C)c12. The molecule has 5 heterocycles. The Morgan fingerprint density at radius 2 is 1.92 bits per heavy atom. The van der Waals surface area contributed by atoms with E-state index in [0.29, 0.717) is 41.8 Å². The van der Waals surface area contributed by atoms with E-state index in [-0.39, 0.29) is 35.9 Å². The maximum atomic E-state index is 13.8. The molecule has 1 saturated heterocycles. The summed E-state index contributed by atoms with van der Waals surface area (Å²) in [6.45, 7) is 4.67. The van der Waals surface area contributed by atoms with E-state index in [4.69, 9.17) is 25.2 Å². The fourth-order valence-corrected chi connectivity index (χ4v) is 7.83. The van der Waals surface area contributed by atoms with Gasteiger partial charge in [0, 0.05) is 56.2 Å². The molecule has 2 aliphatic heterocycles. The number of rotatable bonds is 6. The first-order valence-electron chi connectivity index (χ1n) is 17.8. The molecule has 0 radical (unpaired) electrons. The number of benzene rings is 1. The van der Waals surface area contributed by atoms with Crippen LogP contribution in [0.5, 0.6) is 5.75 Å². The average molecular weight is 654 g/mol. The van der Waals surface area contributed by atoms with Crippen molar-refractivity contribution in [2.24, 2.45) is 30.5 Å². The molecule has 3 N–H and O–H groups in total. The summed E-state index contributed by atoms with van der Waals surface area (Å²) in [5.41, 5.74) is 11.3. The number of pyridine rings is 1. The number of amides is 2. The highest BCUT2D eigenvalue weighted by molar-refractivity contribution is 6.00. The van der Waals surface area contributed by atoms with Crippen molar-refractivity contribution in [3.05, 3.63) is 41.6 Å². The number of carbonyl (C=O) groups is 2. The van der Waals surface area contributed by atoms with Gasteiger partial charge < -0.3 is 34.6 Å². The summed E-state index contributed by atoms with van der Waals surface area (Å²) in [7, 11) is 3.63. The fourth-order valence-electron chi connectivity index (χ4n) is 7.83. The number of fused-ring (bicyclic) bond motifs is 3. The third-order valence-corrected chi connectivity index (χ3v) is 11.0. The van der Waals surface area contributed by atoms with Crippen molar-refractivity contribution in [3.8, 4) is 17.3 Å². The van der Waals surface area contributed by atoms with Gasteiger partial charge >= 0.3 is 0 Å². The maximum absolute atomic E-state index is 13.8. The molecule has 5 atom stereocenters. The van der Waals surface area contributed by atoms with Crippen molar-refractivity contribution in [2.75, 3.05) is 26.8 Å². The molecule has 48 heavy (non-hydrogen) atoms. The van der Waals surface area contributed by atoms with Crippen molar-refractivity contribution in [2.45, 2.75) is 83.0 Å². The van der Waals surface area contributed by atoms with Crippen LogP contribution >= 0.6 is 0 Å². The number of aromatic nitrogens is 4. The van der Waals surface area contributed by atoms with Crippen LogP contribution in [-0.2, 0) is 23.1 Å². The van der Waals surface area contributed by atoms with E-state index >= 15 is 0 Å². The number of hydrogen-bond donors (Lipinski definition) is 2. The molecular weight excluding hydrogens is 606 g/mol. The van der Waals surface area contributed by atoms with Crippen LogP contribution in [0.3, 0.4) is 0 Å². The number of nitrogens with zero attached hydrogens (tertiary/aromatic N) is 5. The molecule has 3 aromatic heterocycles. The molecule has 254 valence electrons. The second-order valence-electron chi connectivity index (χ2n) is 14.6. The van der Waals surface area contributed by atoms with Crippen LogP contribution < -0.4 is 15.8 Å². The van der Waals surface area contributed by atoms with E-state index in [0.717, 1.165) is 85.4 Å². The molecule has 2 amide bonds. The van der Waals surface area contributed by atoms with Crippen LogP contribution in [0.15, 0.2) is 30.3 Å². The molecule has 2 bridgehead atoms. The van der Waals surface area contributed by atoms with E-state index in [1.54, 1.807) is 7.11 Å². The molecule has 2 saturated carbocycles.